The minimum Gasteiger partial charge on any atom is -0.477 e. The number of ketones is 1. The molecule has 1 heterocycles. The van der Waals surface area contributed by atoms with Gasteiger partial charge in [-0.2, -0.15) is 0 Å². The Morgan fingerprint density at radius 3 is 2.31 bits per heavy atom. The van der Waals surface area contributed by atoms with Gasteiger partial charge in [0.2, 0.25) is 0 Å². The van der Waals surface area contributed by atoms with Crippen molar-refractivity contribution in [1.82, 2.24) is 5.32 Å². The number of aliphatic carboxylic acids is 1. The minimum atomic E-state index is -1.54. The lowest BCUT2D eigenvalue weighted by Crippen LogP contribution is -2.47. The van der Waals surface area contributed by atoms with Crippen LogP contribution in [-0.2, 0) is 19.1 Å². The zero-order valence-corrected chi connectivity index (χ0v) is 17.4. The topological polar surface area (TPSA) is 102 Å². The first-order valence-corrected chi connectivity index (χ1v) is 10.1. The number of hydrogen-bond donors (Lipinski definition) is 2. The molecular weight excluding hydrogens is 374 g/mol. The van der Waals surface area contributed by atoms with Crippen LogP contribution < -0.4 is 5.32 Å². The van der Waals surface area contributed by atoms with E-state index >= 15 is 0 Å². The maximum Gasteiger partial charge on any atom is 0.364 e. The molecule has 2 N–H and O–H groups in total. The summed E-state index contributed by atoms with van der Waals surface area (Å²) in [7, 11) is 0. The van der Waals surface area contributed by atoms with Gasteiger partial charge < -0.3 is 19.9 Å². The minimum absolute atomic E-state index is 0.0486. The number of carboxylic acids is 1. The van der Waals surface area contributed by atoms with Crippen molar-refractivity contribution < 1.29 is 29.0 Å². The molecule has 1 saturated heterocycles. The van der Waals surface area contributed by atoms with Gasteiger partial charge in [-0.1, -0.05) is 37.0 Å². The normalized spacial score (nSPS) is 22.7. The zero-order chi connectivity index (χ0) is 21.4. The highest BCUT2D eigenvalue weighted by atomic mass is 16.7. The maximum absolute atomic E-state index is 12.3. The van der Waals surface area contributed by atoms with Gasteiger partial charge >= 0.3 is 5.97 Å². The van der Waals surface area contributed by atoms with Crippen molar-refractivity contribution in [1.29, 1.82) is 0 Å². The second-order valence-corrected chi connectivity index (χ2v) is 7.88. The molecule has 1 aliphatic heterocycles. The van der Waals surface area contributed by atoms with E-state index < -0.39 is 17.8 Å². The second kappa shape index (κ2) is 10.5. The van der Waals surface area contributed by atoms with E-state index in [9.17, 15) is 14.4 Å². The number of carboxylic acid groups (broad SMARTS) is 1. The third-order valence-corrected chi connectivity index (χ3v) is 5.29. The van der Waals surface area contributed by atoms with Crippen molar-refractivity contribution in [2.24, 2.45) is 5.92 Å². The van der Waals surface area contributed by atoms with Crippen LogP contribution in [0.3, 0.4) is 0 Å². The largest absolute Gasteiger partial charge is 0.477 e. The van der Waals surface area contributed by atoms with E-state index in [1.807, 2.05) is 19.1 Å². The van der Waals surface area contributed by atoms with Crippen LogP contribution >= 0.6 is 0 Å². The highest BCUT2D eigenvalue weighted by Crippen LogP contribution is 2.25. The predicted molar refractivity (Wildman–Crippen MR) is 108 cm³/mol. The second-order valence-electron chi connectivity index (χ2n) is 7.88. The SMILES string of the molecule is CC(=O)C(CCCCC[C@H]1CO[C@@](C)(C(=O)O)OC1)NC(=O)c1ccc(C)cc1. The standard InChI is InChI=1S/C22H31NO6/c1-15-9-11-18(12-10-15)20(25)23-19(16(2)24)8-6-4-5-7-17-13-28-22(3,21(26)27)29-14-17/h9-12,17,19H,4-8,13-14H2,1-3H3,(H,23,25)(H,26,27)/t17-,19?,22+. The molecule has 2 rings (SSSR count). The average molecular weight is 405 g/mol. The summed E-state index contributed by atoms with van der Waals surface area (Å²) in [5, 5.41) is 11.9. The van der Waals surface area contributed by atoms with Gasteiger partial charge in [0.25, 0.3) is 11.7 Å². The summed E-state index contributed by atoms with van der Waals surface area (Å²) in [6.07, 6.45) is 4.13. The molecule has 160 valence electrons. The number of ether oxygens (including phenoxy) is 2. The highest BCUT2D eigenvalue weighted by molar-refractivity contribution is 5.97. The van der Waals surface area contributed by atoms with Crippen LogP contribution in [0.2, 0.25) is 0 Å². The summed E-state index contributed by atoms with van der Waals surface area (Å²) in [4.78, 5) is 35.3. The van der Waals surface area contributed by atoms with Crippen LogP contribution in [0.15, 0.2) is 24.3 Å². The van der Waals surface area contributed by atoms with Gasteiger partial charge in [0.1, 0.15) is 0 Å². The molecule has 0 radical (unpaired) electrons. The van der Waals surface area contributed by atoms with Crippen molar-refractivity contribution in [2.75, 3.05) is 13.2 Å². The van der Waals surface area contributed by atoms with E-state index in [-0.39, 0.29) is 17.6 Å². The number of nitrogens with one attached hydrogen (secondary N) is 1. The summed E-state index contributed by atoms with van der Waals surface area (Å²) in [6.45, 7) is 5.60. The van der Waals surface area contributed by atoms with Crippen LogP contribution in [0.5, 0.6) is 0 Å². The Morgan fingerprint density at radius 1 is 1.14 bits per heavy atom. The Bertz CT molecular complexity index is 707. The molecule has 0 aliphatic carbocycles. The number of carbonyl (C=O) groups excluding carboxylic acids is 2. The van der Waals surface area contributed by atoms with Gasteiger partial charge in [0, 0.05) is 18.4 Å². The summed E-state index contributed by atoms with van der Waals surface area (Å²) in [5.74, 6) is -2.76. The van der Waals surface area contributed by atoms with Crippen molar-refractivity contribution in [2.45, 2.75) is 64.7 Å². The van der Waals surface area contributed by atoms with E-state index in [1.165, 1.54) is 13.8 Å². The van der Waals surface area contributed by atoms with Gasteiger partial charge in [-0.25, -0.2) is 4.79 Å². The molecule has 1 aliphatic rings. The average Bonchev–Trinajstić information content (AvgIpc) is 2.68. The van der Waals surface area contributed by atoms with Gasteiger partial charge in [-0.3, -0.25) is 9.59 Å². The maximum atomic E-state index is 12.3. The molecule has 1 amide bonds. The zero-order valence-electron chi connectivity index (χ0n) is 17.4. The molecule has 0 spiro atoms. The molecule has 1 aromatic carbocycles. The molecular formula is C22H31NO6. The molecule has 1 aromatic rings. The first kappa shape index (κ1) is 23.0. The summed E-state index contributed by atoms with van der Waals surface area (Å²) < 4.78 is 10.7. The molecule has 0 aromatic heterocycles. The Kier molecular flexibility index (Phi) is 8.34. The molecule has 29 heavy (non-hydrogen) atoms. The predicted octanol–water partition coefficient (Wildman–Crippen LogP) is 3.10. The van der Waals surface area contributed by atoms with Gasteiger partial charge in [-0.15, -0.1) is 0 Å². The molecule has 7 heteroatoms. The molecule has 0 bridgehead atoms. The fourth-order valence-electron chi connectivity index (χ4n) is 3.22. The quantitative estimate of drug-likeness (QED) is 0.580. The van der Waals surface area contributed by atoms with Crippen LogP contribution in [0.25, 0.3) is 0 Å². The summed E-state index contributed by atoms with van der Waals surface area (Å²) in [6, 6.07) is 6.77. The van der Waals surface area contributed by atoms with Gasteiger partial charge in [0.15, 0.2) is 5.78 Å². The molecule has 1 fully saturated rings. The van der Waals surface area contributed by atoms with Crippen molar-refractivity contribution in [3.63, 3.8) is 0 Å². The van der Waals surface area contributed by atoms with Crippen LogP contribution in [0.1, 0.15) is 61.9 Å². The van der Waals surface area contributed by atoms with E-state index in [1.54, 1.807) is 12.1 Å². The first-order chi connectivity index (χ1) is 13.7. The third-order valence-electron chi connectivity index (χ3n) is 5.29. The lowest BCUT2D eigenvalue weighted by Gasteiger charge is -2.34. The lowest BCUT2D eigenvalue weighted by molar-refractivity contribution is -0.271. The van der Waals surface area contributed by atoms with E-state index in [0.29, 0.717) is 25.2 Å². The molecule has 1 unspecified atom stereocenters. The van der Waals surface area contributed by atoms with Crippen molar-refractivity contribution in [3.8, 4) is 0 Å². The molecule has 0 saturated carbocycles. The number of carbonyl (C=O) groups is 3. The van der Waals surface area contributed by atoms with E-state index in [4.69, 9.17) is 14.6 Å². The summed E-state index contributed by atoms with van der Waals surface area (Å²) >= 11 is 0. The van der Waals surface area contributed by atoms with Crippen LogP contribution in [-0.4, -0.2) is 47.8 Å². The fourth-order valence-corrected chi connectivity index (χ4v) is 3.22. The Labute approximate surface area is 171 Å². The van der Waals surface area contributed by atoms with Crippen LogP contribution in [0, 0.1) is 12.8 Å². The van der Waals surface area contributed by atoms with Crippen molar-refractivity contribution >= 4 is 17.7 Å². The Balaban J connectivity index is 1.68. The number of amides is 1. The van der Waals surface area contributed by atoms with Crippen molar-refractivity contribution in [3.05, 3.63) is 35.4 Å². The summed E-state index contributed by atoms with van der Waals surface area (Å²) in [5.41, 5.74) is 1.62. The van der Waals surface area contributed by atoms with E-state index in [0.717, 1.165) is 31.2 Å². The monoisotopic (exact) mass is 405 g/mol. The third kappa shape index (κ3) is 6.94. The number of unbranched alkanes of at least 4 members (excludes halogenated alkanes) is 2. The van der Waals surface area contributed by atoms with E-state index in [2.05, 4.69) is 5.32 Å². The van der Waals surface area contributed by atoms with Crippen LogP contribution in [0.4, 0.5) is 0 Å². The number of rotatable bonds is 10. The number of hydrogen-bond acceptors (Lipinski definition) is 5. The number of aryl methyl sites for hydroxylation is 1. The Morgan fingerprint density at radius 2 is 1.76 bits per heavy atom. The lowest BCUT2D eigenvalue weighted by atomic mass is 9.99. The van der Waals surface area contributed by atoms with Gasteiger partial charge in [0.05, 0.1) is 19.3 Å². The smallest absolute Gasteiger partial charge is 0.364 e. The molecule has 1 atom stereocenters. The first-order valence-electron chi connectivity index (χ1n) is 10.1. The number of benzene rings is 1. The fraction of sp³-hybridized carbons (Fsp3) is 0.591. The number of Topliss-reactive ketones (excluding diaryl/α,β-unsaturated/α-hetero) is 1. The Hall–Kier alpha value is -2.25. The van der Waals surface area contributed by atoms with Gasteiger partial charge in [-0.05, 0) is 38.8 Å². The highest BCUT2D eigenvalue weighted by Gasteiger charge is 2.40. The molecule has 7 nitrogen and oxygen atoms in total.